The Hall–Kier alpha value is -0.160. The maximum atomic E-state index is 3.58. The summed E-state index contributed by atoms with van der Waals surface area (Å²) in [5.74, 6) is 0. The molecule has 0 aromatic carbocycles. The van der Waals surface area contributed by atoms with Crippen LogP contribution in [0.4, 0.5) is 0 Å². The maximum Gasteiger partial charge on any atom is 0.0210 e. The van der Waals surface area contributed by atoms with Crippen LogP contribution in [0.25, 0.3) is 0 Å². The van der Waals surface area contributed by atoms with Crippen molar-refractivity contribution in [3.05, 3.63) is 0 Å². The van der Waals surface area contributed by atoms with E-state index >= 15 is 0 Å². The van der Waals surface area contributed by atoms with Gasteiger partial charge in [0, 0.05) is 51.4 Å². The second kappa shape index (κ2) is 5.07. The lowest BCUT2D eigenvalue weighted by Gasteiger charge is -2.29. The van der Waals surface area contributed by atoms with Crippen molar-refractivity contribution in [1.82, 2.24) is 20.9 Å². The summed E-state index contributed by atoms with van der Waals surface area (Å²) in [6, 6.07) is 1.38. The van der Waals surface area contributed by atoms with Gasteiger partial charge in [0.1, 0.15) is 0 Å². The third-order valence-electron chi connectivity index (χ3n) is 3.32. The summed E-state index contributed by atoms with van der Waals surface area (Å²) < 4.78 is 0. The Bertz CT molecular complexity index is 168. The van der Waals surface area contributed by atoms with Crippen molar-refractivity contribution in [3.63, 3.8) is 0 Å². The van der Waals surface area contributed by atoms with Gasteiger partial charge in [-0.1, -0.05) is 0 Å². The molecule has 2 heterocycles. The third-order valence-corrected chi connectivity index (χ3v) is 3.32. The summed E-state index contributed by atoms with van der Waals surface area (Å²) in [5, 5.41) is 10.3. The number of nitrogens with one attached hydrogen (secondary N) is 3. The molecular formula is C10H22N4. The van der Waals surface area contributed by atoms with Gasteiger partial charge in [-0.15, -0.1) is 0 Å². The van der Waals surface area contributed by atoms with Crippen LogP contribution in [0.15, 0.2) is 0 Å². The molecule has 2 aliphatic rings. The van der Waals surface area contributed by atoms with Crippen molar-refractivity contribution in [1.29, 1.82) is 0 Å². The van der Waals surface area contributed by atoms with Crippen molar-refractivity contribution in [2.24, 2.45) is 0 Å². The molecule has 0 aromatic rings. The van der Waals surface area contributed by atoms with Gasteiger partial charge in [-0.25, -0.2) is 0 Å². The number of hydrogen-bond donors (Lipinski definition) is 3. The average Bonchev–Trinajstić information content (AvgIpc) is 2.67. The minimum atomic E-state index is 0.683. The van der Waals surface area contributed by atoms with Gasteiger partial charge in [-0.05, 0) is 13.5 Å². The van der Waals surface area contributed by atoms with Crippen LogP contribution in [0.3, 0.4) is 0 Å². The number of rotatable bonds is 3. The molecule has 0 radical (unpaired) electrons. The Labute approximate surface area is 86.4 Å². The first-order chi connectivity index (χ1) is 6.88. The van der Waals surface area contributed by atoms with Crippen LogP contribution in [-0.4, -0.2) is 63.3 Å². The molecule has 2 aliphatic heterocycles. The van der Waals surface area contributed by atoms with E-state index in [4.69, 9.17) is 0 Å². The van der Waals surface area contributed by atoms with E-state index in [1.807, 2.05) is 0 Å². The minimum absolute atomic E-state index is 0.683. The molecule has 0 aliphatic carbocycles. The van der Waals surface area contributed by atoms with Gasteiger partial charge in [0.15, 0.2) is 0 Å². The fraction of sp³-hybridized carbons (Fsp3) is 1.00. The zero-order chi connectivity index (χ0) is 9.80. The molecule has 2 saturated heterocycles. The summed E-state index contributed by atoms with van der Waals surface area (Å²) in [5.41, 5.74) is 0. The maximum absolute atomic E-state index is 3.58. The Morgan fingerprint density at radius 3 is 2.79 bits per heavy atom. The van der Waals surface area contributed by atoms with E-state index in [1.165, 1.54) is 26.1 Å². The Balaban J connectivity index is 1.69. The fourth-order valence-corrected chi connectivity index (χ4v) is 2.38. The summed E-state index contributed by atoms with van der Waals surface area (Å²) in [7, 11) is 2.06. The lowest BCUT2D eigenvalue weighted by Crippen LogP contribution is -2.47. The molecule has 4 nitrogen and oxygen atoms in total. The summed E-state index contributed by atoms with van der Waals surface area (Å²) in [4.78, 5) is 2.56. The van der Waals surface area contributed by atoms with Crippen molar-refractivity contribution in [2.45, 2.75) is 18.5 Å². The van der Waals surface area contributed by atoms with E-state index in [0.717, 1.165) is 19.6 Å². The molecule has 2 fully saturated rings. The molecule has 2 unspecified atom stereocenters. The zero-order valence-corrected chi connectivity index (χ0v) is 9.05. The zero-order valence-electron chi connectivity index (χ0n) is 9.05. The summed E-state index contributed by atoms with van der Waals surface area (Å²) >= 11 is 0. The number of nitrogens with zero attached hydrogens (tertiary/aromatic N) is 1. The quantitative estimate of drug-likeness (QED) is 0.535. The Morgan fingerprint density at radius 1 is 1.36 bits per heavy atom. The smallest absolute Gasteiger partial charge is 0.0210 e. The highest BCUT2D eigenvalue weighted by molar-refractivity contribution is 4.87. The Kier molecular flexibility index (Phi) is 3.75. The highest BCUT2D eigenvalue weighted by Gasteiger charge is 2.24. The van der Waals surface area contributed by atoms with E-state index in [-0.39, 0.29) is 0 Å². The second-order valence-corrected chi connectivity index (χ2v) is 4.38. The topological polar surface area (TPSA) is 39.3 Å². The molecule has 0 amide bonds. The van der Waals surface area contributed by atoms with E-state index < -0.39 is 0 Å². The van der Waals surface area contributed by atoms with Crippen LogP contribution in [0.5, 0.6) is 0 Å². The van der Waals surface area contributed by atoms with Crippen molar-refractivity contribution in [3.8, 4) is 0 Å². The van der Waals surface area contributed by atoms with E-state index in [9.17, 15) is 0 Å². The van der Waals surface area contributed by atoms with Crippen molar-refractivity contribution < 1.29 is 0 Å². The first-order valence-corrected chi connectivity index (χ1v) is 5.72. The monoisotopic (exact) mass is 198 g/mol. The molecule has 2 rings (SSSR count). The normalized spacial score (nSPS) is 34.9. The molecule has 0 bridgehead atoms. The van der Waals surface area contributed by atoms with Crippen LogP contribution in [0, 0.1) is 0 Å². The molecule has 3 N–H and O–H groups in total. The standard InChI is InChI=1S/C10H22N4/c1-11-9-6-10(13-7-9)8-14-4-2-12-3-5-14/h9-13H,2-8H2,1H3. The Morgan fingerprint density at radius 2 is 2.14 bits per heavy atom. The van der Waals surface area contributed by atoms with Gasteiger partial charge in [-0.2, -0.15) is 0 Å². The highest BCUT2D eigenvalue weighted by atomic mass is 15.2. The molecule has 82 valence electrons. The molecule has 0 aromatic heterocycles. The van der Waals surface area contributed by atoms with Gasteiger partial charge in [0.05, 0.1) is 0 Å². The first kappa shape index (κ1) is 10.4. The molecule has 0 spiro atoms. The van der Waals surface area contributed by atoms with Gasteiger partial charge in [-0.3, -0.25) is 4.90 Å². The fourth-order valence-electron chi connectivity index (χ4n) is 2.38. The summed E-state index contributed by atoms with van der Waals surface area (Å²) in [6.07, 6.45) is 1.28. The van der Waals surface area contributed by atoms with Gasteiger partial charge in [0.25, 0.3) is 0 Å². The second-order valence-electron chi connectivity index (χ2n) is 4.38. The third kappa shape index (κ3) is 2.67. The van der Waals surface area contributed by atoms with E-state index in [2.05, 4.69) is 27.9 Å². The van der Waals surface area contributed by atoms with Gasteiger partial charge in [0.2, 0.25) is 0 Å². The number of likely N-dealkylation sites (N-methyl/N-ethyl adjacent to an activating group) is 1. The lowest BCUT2D eigenvalue weighted by molar-refractivity contribution is 0.221. The molecule has 4 heteroatoms. The predicted octanol–water partition coefficient (Wildman–Crippen LogP) is -1.16. The number of piperazine rings is 1. The van der Waals surface area contributed by atoms with Crippen LogP contribution in [0.1, 0.15) is 6.42 Å². The largest absolute Gasteiger partial charge is 0.316 e. The van der Waals surface area contributed by atoms with E-state index in [1.54, 1.807) is 0 Å². The first-order valence-electron chi connectivity index (χ1n) is 5.72. The van der Waals surface area contributed by atoms with E-state index in [0.29, 0.717) is 12.1 Å². The van der Waals surface area contributed by atoms with Gasteiger partial charge < -0.3 is 16.0 Å². The number of hydrogen-bond acceptors (Lipinski definition) is 4. The predicted molar refractivity (Wildman–Crippen MR) is 58.6 cm³/mol. The molecule has 14 heavy (non-hydrogen) atoms. The van der Waals surface area contributed by atoms with Crippen molar-refractivity contribution >= 4 is 0 Å². The van der Waals surface area contributed by atoms with Crippen molar-refractivity contribution in [2.75, 3.05) is 46.3 Å². The van der Waals surface area contributed by atoms with Crippen LogP contribution >= 0.6 is 0 Å². The van der Waals surface area contributed by atoms with Crippen LogP contribution in [-0.2, 0) is 0 Å². The molecular weight excluding hydrogens is 176 g/mol. The van der Waals surface area contributed by atoms with Gasteiger partial charge >= 0.3 is 0 Å². The highest BCUT2D eigenvalue weighted by Crippen LogP contribution is 2.08. The molecule has 2 atom stereocenters. The average molecular weight is 198 g/mol. The minimum Gasteiger partial charge on any atom is -0.316 e. The molecule has 0 saturated carbocycles. The van der Waals surface area contributed by atoms with Crippen LogP contribution < -0.4 is 16.0 Å². The van der Waals surface area contributed by atoms with Crippen LogP contribution in [0.2, 0.25) is 0 Å². The summed E-state index contributed by atoms with van der Waals surface area (Å²) in [6.45, 7) is 7.09. The SMILES string of the molecule is CNC1CNC(CN2CCNCC2)C1. The lowest BCUT2D eigenvalue weighted by atomic mass is 10.1.